The molecule has 0 amide bonds. The Morgan fingerprint density at radius 2 is 1.83 bits per heavy atom. The van der Waals surface area contributed by atoms with Gasteiger partial charge in [0, 0.05) is 17.0 Å². The molecule has 194 valence electrons. The number of benzene rings is 2. The molecule has 1 saturated heterocycles. The Morgan fingerprint density at radius 1 is 1.17 bits per heavy atom. The summed E-state index contributed by atoms with van der Waals surface area (Å²) in [5, 5.41) is 8.23. The monoisotopic (exact) mass is 561 g/mol. The van der Waals surface area contributed by atoms with Crippen LogP contribution in [0.15, 0.2) is 41.3 Å². The molecule has 8 nitrogen and oxygen atoms in total. The number of rotatable bonds is 4. The lowest BCUT2D eigenvalue weighted by molar-refractivity contribution is -0.137. The molecule has 0 bridgehead atoms. The fourth-order valence-electron chi connectivity index (χ4n) is 6.10. The van der Waals surface area contributed by atoms with Gasteiger partial charge in [0.05, 0.1) is 28.7 Å². The molecule has 5 atom stereocenters. The van der Waals surface area contributed by atoms with E-state index in [2.05, 4.69) is 4.72 Å². The van der Waals surface area contributed by atoms with Gasteiger partial charge in [-0.15, -0.1) is 0 Å². The highest BCUT2D eigenvalue weighted by atomic mass is 35.5. The first-order valence-electron chi connectivity index (χ1n) is 11.2. The van der Waals surface area contributed by atoms with Gasteiger partial charge in [0.1, 0.15) is 10.6 Å². The zero-order chi connectivity index (χ0) is 26.0. The summed E-state index contributed by atoms with van der Waals surface area (Å²) < 4.78 is 90.5. The summed E-state index contributed by atoms with van der Waals surface area (Å²) in [6.07, 6.45) is -1.03. The van der Waals surface area contributed by atoms with Crippen molar-refractivity contribution < 1.29 is 40.3 Å². The van der Waals surface area contributed by atoms with Crippen molar-refractivity contribution in [1.82, 2.24) is 4.72 Å². The second kappa shape index (κ2) is 8.64. The number of carboxylic acid groups (broad SMARTS) is 1. The van der Waals surface area contributed by atoms with E-state index < -0.39 is 83.1 Å². The minimum atomic E-state index is -4.41. The molecule has 0 spiro atoms. The lowest BCUT2D eigenvalue weighted by Gasteiger charge is -2.54. The molecular formula is C23H22ClF2NO7S2. The molecular weight excluding hydrogens is 540 g/mol. The van der Waals surface area contributed by atoms with Gasteiger partial charge < -0.3 is 9.84 Å². The smallest absolute Gasteiger partial charge is 0.304 e. The molecule has 36 heavy (non-hydrogen) atoms. The summed E-state index contributed by atoms with van der Waals surface area (Å²) in [7, 11) is -8.40. The standard InChI is InChI=1S/C23H22ClF2NO7S2/c24-12-1-3-13(4-2-12)35(30,31)23-8-7-19-15(9-14(10-20(28)29)36(32,33)27-19)16(23)11-34-22-18(26)6-5-17(25)21(22)23/h1-6,14-16,19,27H,7-11H2,(H,28,29)/t14-,15-,16-,19+,23-/m0/s1. The normalized spacial score (nSPS) is 30.9. The van der Waals surface area contributed by atoms with Gasteiger partial charge in [0.15, 0.2) is 21.4 Å². The van der Waals surface area contributed by atoms with Crippen molar-refractivity contribution in [3.05, 3.63) is 58.6 Å². The van der Waals surface area contributed by atoms with Gasteiger partial charge in [-0.3, -0.25) is 4.79 Å². The predicted octanol–water partition coefficient (Wildman–Crippen LogP) is 3.24. The van der Waals surface area contributed by atoms with Gasteiger partial charge in [-0.05, 0) is 61.6 Å². The summed E-state index contributed by atoms with van der Waals surface area (Å²) in [4.78, 5) is 11.2. The van der Waals surface area contributed by atoms with Crippen molar-refractivity contribution in [2.45, 2.75) is 46.6 Å². The van der Waals surface area contributed by atoms with Crippen LogP contribution in [0.1, 0.15) is 31.2 Å². The zero-order valence-electron chi connectivity index (χ0n) is 18.7. The Balaban J connectivity index is 1.72. The summed E-state index contributed by atoms with van der Waals surface area (Å²) in [5.74, 6) is -5.36. The average Bonchev–Trinajstić information content (AvgIpc) is 2.81. The molecule has 0 radical (unpaired) electrons. The van der Waals surface area contributed by atoms with Crippen LogP contribution in [0.4, 0.5) is 8.78 Å². The van der Waals surface area contributed by atoms with Crippen LogP contribution in [-0.4, -0.2) is 45.8 Å². The molecule has 0 aromatic heterocycles. The van der Waals surface area contributed by atoms with E-state index in [1.165, 1.54) is 24.3 Å². The first-order chi connectivity index (χ1) is 16.9. The Morgan fingerprint density at radius 3 is 2.50 bits per heavy atom. The fraction of sp³-hybridized carbons (Fsp3) is 0.435. The maximum atomic E-state index is 15.5. The van der Waals surface area contributed by atoms with E-state index in [4.69, 9.17) is 16.3 Å². The number of sulfonamides is 1. The number of carboxylic acids is 1. The van der Waals surface area contributed by atoms with Crippen molar-refractivity contribution in [2.24, 2.45) is 11.8 Å². The van der Waals surface area contributed by atoms with Crippen molar-refractivity contribution >= 4 is 37.4 Å². The molecule has 1 aliphatic carbocycles. The topological polar surface area (TPSA) is 127 Å². The minimum Gasteiger partial charge on any atom is -0.490 e. The number of hydrogen-bond donors (Lipinski definition) is 2. The number of ether oxygens (including phenoxy) is 1. The van der Waals surface area contributed by atoms with Gasteiger partial charge >= 0.3 is 5.97 Å². The molecule has 5 rings (SSSR count). The Bertz CT molecular complexity index is 1450. The molecule has 2 aromatic carbocycles. The molecule has 1 saturated carbocycles. The van der Waals surface area contributed by atoms with E-state index in [0.29, 0.717) is 0 Å². The van der Waals surface area contributed by atoms with Crippen molar-refractivity contribution in [2.75, 3.05) is 6.61 Å². The summed E-state index contributed by atoms with van der Waals surface area (Å²) in [5.41, 5.74) is -0.421. The number of nitrogens with one attached hydrogen (secondary N) is 1. The van der Waals surface area contributed by atoms with Crippen molar-refractivity contribution in [1.29, 1.82) is 0 Å². The quantitative estimate of drug-likeness (QED) is 0.586. The highest BCUT2D eigenvalue weighted by Gasteiger charge is 2.64. The van der Waals surface area contributed by atoms with E-state index in [1.807, 2.05) is 0 Å². The average molecular weight is 562 g/mol. The molecule has 2 fully saturated rings. The molecule has 2 aromatic rings. The molecule has 0 unspecified atom stereocenters. The van der Waals surface area contributed by atoms with Crippen molar-refractivity contribution in [3.8, 4) is 5.75 Å². The van der Waals surface area contributed by atoms with Crippen LogP contribution in [0.5, 0.6) is 5.75 Å². The van der Waals surface area contributed by atoms with Crippen LogP contribution in [0.25, 0.3) is 0 Å². The molecule has 13 heteroatoms. The number of hydrogen-bond acceptors (Lipinski definition) is 6. The van der Waals surface area contributed by atoms with Crippen LogP contribution in [-0.2, 0) is 29.4 Å². The van der Waals surface area contributed by atoms with Gasteiger partial charge in [-0.25, -0.2) is 30.3 Å². The Hall–Kier alpha value is -2.28. The largest absolute Gasteiger partial charge is 0.490 e. The van der Waals surface area contributed by atoms with Crippen LogP contribution in [0.2, 0.25) is 5.02 Å². The van der Waals surface area contributed by atoms with E-state index in [-0.39, 0.29) is 35.8 Å². The number of fused-ring (bicyclic) bond motifs is 5. The van der Waals surface area contributed by atoms with Crippen LogP contribution in [0.3, 0.4) is 0 Å². The highest BCUT2D eigenvalue weighted by molar-refractivity contribution is 7.92. The van der Waals surface area contributed by atoms with E-state index >= 15 is 4.39 Å². The molecule has 2 aliphatic heterocycles. The first-order valence-corrected chi connectivity index (χ1v) is 14.6. The molecule has 2 heterocycles. The summed E-state index contributed by atoms with van der Waals surface area (Å²) in [6, 6.07) is 6.34. The summed E-state index contributed by atoms with van der Waals surface area (Å²) >= 11 is 5.95. The third kappa shape index (κ3) is 3.72. The zero-order valence-corrected chi connectivity index (χ0v) is 21.0. The number of sulfone groups is 1. The second-order valence-corrected chi connectivity index (χ2v) is 14.1. The maximum Gasteiger partial charge on any atom is 0.304 e. The third-order valence-electron chi connectivity index (χ3n) is 7.64. The number of aliphatic carboxylic acids is 1. The first kappa shape index (κ1) is 25.4. The lowest BCUT2D eigenvalue weighted by atomic mass is 9.64. The lowest BCUT2D eigenvalue weighted by Crippen LogP contribution is -2.64. The van der Waals surface area contributed by atoms with Gasteiger partial charge in [-0.2, -0.15) is 0 Å². The van der Waals surface area contributed by atoms with Gasteiger partial charge in [0.2, 0.25) is 10.0 Å². The Kier molecular flexibility index (Phi) is 6.09. The predicted molar refractivity (Wildman–Crippen MR) is 125 cm³/mol. The van der Waals surface area contributed by atoms with Crippen LogP contribution >= 0.6 is 11.6 Å². The number of carbonyl (C=O) groups is 1. The summed E-state index contributed by atoms with van der Waals surface area (Å²) in [6.45, 7) is -0.317. The SMILES string of the molecule is O=C(O)C[C@@H]1C[C@@H]2[C@@H](CC[C@@]3(S(=O)(=O)c4ccc(Cl)cc4)c4c(F)ccc(F)c4OC[C@@H]23)NS1(=O)=O. The number of halogens is 3. The van der Waals surface area contributed by atoms with Crippen LogP contribution in [0, 0.1) is 23.5 Å². The van der Waals surface area contributed by atoms with E-state index in [1.54, 1.807) is 0 Å². The Labute approximate surface area is 211 Å². The fourth-order valence-corrected chi connectivity index (χ4v) is 10.4. The minimum absolute atomic E-state index is 0.0163. The second-order valence-electron chi connectivity index (χ2n) is 9.43. The van der Waals surface area contributed by atoms with E-state index in [9.17, 15) is 31.1 Å². The highest BCUT2D eigenvalue weighted by Crippen LogP contribution is 2.59. The van der Waals surface area contributed by atoms with Gasteiger partial charge in [-0.1, -0.05) is 11.6 Å². The van der Waals surface area contributed by atoms with Gasteiger partial charge in [0.25, 0.3) is 0 Å². The molecule has 3 aliphatic rings. The maximum absolute atomic E-state index is 15.5. The third-order valence-corrected chi connectivity index (χ3v) is 12.3. The molecule has 2 N–H and O–H groups in total. The van der Waals surface area contributed by atoms with Crippen molar-refractivity contribution in [3.63, 3.8) is 0 Å². The van der Waals surface area contributed by atoms with E-state index in [0.717, 1.165) is 12.1 Å². The van der Waals surface area contributed by atoms with Crippen LogP contribution < -0.4 is 9.46 Å².